The van der Waals surface area contributed by atoms with Gasteiger partial charge < -0.3 is 9.25 Å². The van der Waals surface area contributed by atoms with Gasteiger partial charge in [-0.05, 0) is 44.0 Å². The van der Waals surface area contributed by atoms with Crippen LogP contribution in [0.25, 0.3) is 0 Å². The predicted molar refractivity (Wildman–Crippen MR) is 86.4 cm³/mol. The molecule has 0 aliphatic carbocycles. The van der Waals surface area contributed by atoms with Crippen molar-refractivity contribution >= 4 is 17.3 Å². The van der Waals surface area contributed by atoms with Gasteiger partial charge in [-0.3, -0.25) is 9.69 Å². The molecule has 2 rings (SSSR count). The van der Waals surface area contributed by atoms with Crippen LogP contribution in [0.5, 0.6) is 0 Å². The second-order valence-electron chi connectivity index (χ2n) is 5.12. The molecule has 1 aromatic heterocycles. The summed E-state index contributed by atoms with van der Waals surface area (Å²) in [5, 5.41) is 3.91. The third-order valence-electron chi connectivity index (χ3n) is 3.32. The Labute approximate surface area is 130 Å². The first-order valence-corrected chi connectivity index (χ1v) is 7.02. The lowest BCUT2D eigenvalue weighted by Gasteiger charge is -2.25. The molecule has 0 aliphatic heterocycles. The zero-order valence-corrected chi connectivity index (χ0v) is 13.3. The van der Waals surface area contributed by atoms with E-state index in [2.05, 4.69) is 5.16 Å². The van der Waals surface area contributed by atoms with Gasteiger partial charge in [0.05, 0.1) is 24.2 Å². The van der Waals surface area contributed by atoms with E-state index in [-0.39, 0.29) is 5.91 Å². The van der Waals surface area contributed by atoms with E-state index in [0.29, 0.717) is 18.0 Å². The number of furan rings is 1. The molecule has 116 valence electrons. The summed E-state index contributed by atoms with van der Waals surface area (Å²) in [6, 6.07) is 9.29. The lowest BCUT2D eigenvalue weighted by atomic mass is 10.1. The smallest absolute Gasteiger partial charge is 0.294 e. The molecule has 0 unspecified atom stereocenters. The number of nitrogens with zero attached hydrogens (tertiary/aromatic N) is 2. The number of para-hydroxylation sites is 1. The number of benzene rings is 1. The van der Waals surface area contributed by atoms with Crippen molar-refractivity contribution in [2.75, 3.05) is 18.6 Å². The topological polar surface area (TPSA) is 55.0 Å². The molecule has 2 aromatic rings. The Morgan fingerprint density at radius 3 is 2.45 bits per heavy atom. The van der Waals surface area contributed by atoms with E-state index in [0.717, 1.165) is 16.8 Å². The highest BCUT2D eigenvalue weighted by molar-refractivity contribution is 6.08. The fourth-order valence-corrected chi connectivity index (χ4v) is 2.43. The molecule has 0 aliphatic rings. The van der Waals surface area contributed by atoms with Crippen LogP contribution in [0.4, 0.5) is 5.69 Å². The minimum absolute atomic E-state index is 0.201. The largest absolute Gasteiger partial charge is 0.459 e. The molecule has 0 atom stereocenters. The predicted octanol–water partition coefficient (Wildman–Crippen LogP) is 3.57. The van der Waals surface area contributed by atoms with E-state index >= 15 is 0 Å². The van der Waals surface area contributed by atoms with Crippen LogP contribution in [0.1, 0.15) is 28.6 Å². The minimum atomic E-state index is -0.201. The van der Waals surface area contributed by atoms with Crippen LogP contribution in [0, 0.1) is 13.8 Å². The van der Waals surface area contributed by atoms with Crippen molar-refractivity contribution in [1.82, 2.24) is 0 Å². The van der Waals surface area contributed by atoms with Crippen LogP contribution < -0.4 is 4.90 Å². The number of amides is 1. The lowest BCUT2D eigenvalue weighted by Crippen LogP contribution is -2.36. The molecule has 5 heteroatoms. The molecule has 0 saturated carbocycles. The molecule has 0 fully saturated rings. The molecule has 0 saturated heterocycles. The van der Waals surface area contributed by atoms with Crippen LogP contribution in [0.15, 0.2) is 46.2 Å². The Balaban J connectivity index is 2.46. The minimum Gasteiger partial charge on any atom is -0.459 e. The van der Waals surface area contributed by atoms with Crippen molar-refractivity contribution in [3.05, 3.63) is 53.5 Å². The van der Waals surface area contributed by atoms with Gasteiger partial charge >= 0.3 is 0 Å². The third kappa shape index (κ3) is 3.36. The molecule has 0 bridgehead atoms. The monoisotopic (exact) mass is 300 g/mol. The summed E-state index contributed by atoms with van der Waals surface area (Å²) in [6.07, 6.45) is 1.49. The summed E-state index contributed by atoms with van der Waals surface area (Å²) in [7, 11) is 1.49. The molecule has 0 spiro atoms. The number of carbonyl (C=O) groups excluding carboxylic acids is 1. The molecular formula is C17H20N2O3. The first-order valence-electron chi connectivity index (χ1n) is 7.02. The zero-order valence-electron chi connectivity index (χ0n) is 13.3. The van der Waals surface area contributed by atoms with Crippen molar-refractivity contribution < 1.29 is 14.0 Å². The number of rotatable bonds is 5. The average Bonchev–Trinajstić information content (AvgIpc) is 2.99. The van der Waals surface area contributed by atoms with Gasteiger partial charge in [-0.1, -0.05) is 23.4 Å². The summed E-state index contributed by atoms with van der Waals surface area (Å²) >= 11 is 0. The molecule has 0 radical (unpaired) electrons. The van der Waals surface area contributed by atoms with E-state index < -0.39 is 0 Å². The molecule has 1 aromatic carbocycles. The fraction of sp³-hybridized carbons (Fsp3) is 0.294. The molecule has 1 heterocycles. The standard InChI is InChI=1S/C17H20N2O3/c1-12-7-5-8-13(2)16(12)19(11-14(3)18-21-4)17(20)15-9-6-10-22-15/h5-10H,11H2,1-4H3/b18-14+. The van der Waals surface area contributed by atoms with Crippen molar-refractivity contribution in [3.63, 3.8) is 0 Å². The van der Waals surface area contributed by atoms with Gasteiger partial charge in [0, 0.05) is 0 Å². The third-order valence-corrected chi connectivity index (χ3v) is 3.32. The van der Waals surface area contributed by atoms with Gasteiger partial charge in [-0.15, -0.1) is 0 Å². The van der Waals surface area contributed by atoms with E-state index in [9.17, 15) is 4.79 Å². The highest BCUT2D eigenvalue weighted by Gasteiger charge is 2.23. The second-order valence-corrected chi connectivity index (χ2v) is 5.12. The molecular weight excluding hydrogens is 280 g/mol. The summed E-state index contributed by atoms with van der Waals surface area (Å²) in [5.41, 5.74) is 3.61. The van der Waals surface area contributed by atoms with Crippen LogP contribution in [-0.2, 0) is 4.84 Å². The number of carbonyl (C=O) groups is 1. The quantitative estimate of drug-likeness (QED) is 0.626. The maximum Gasteiger partial charge on any atom is 0.294 e. The SMILES string of the molecule is CO/N=C(\C)CN(C(=O)c1ccco1)c1c(C)cccc1C. The van der Waals surface area contributed by atoms with Crippen molar-refractivity contribution in [2.24, 2.45) is 5.16 Å². The number of hydrogen-bond donors (Lipinski definition) is 0. The normalized spacial score (nSPS) is 11.4. The van der Waals surface area contributed by atoms with Gasteiger partial charge in [-0.25, -0.2) is 0 Å². The Hall–Kier alpha value is -2.56. The Morgan fingerprint density at radius 2 is 1.91 bits per heavy atom. The second kappa shape index (κ2) is 6.93. The van der Waals surface area contributed by atoms with Gasteiger partial charge in [0.2, 0.25) is 0 Å². The van der Waals surface area contributed by atoms with E-state index in [1.807, 2.05) is 39.0 Å². The maximum absolute atomic E-state index is 12.8. The maximum atomic E-state index is 12.8. The van der Waals surface area contributed by atoms with Crippen LogP contribution in [0.2, 0.25) is 0 Å². The summed E-state index contributed by atoms with van der Waals surface area (Å²) in [5.74, 6) is 0.0981. The van der Waals surface area contributed by atoms with Crippen LogP contribution in [-0.4, -0.2) is 25.3 Å². The number of aryl methyl sites for hydroxylation is 2. The van der Waals surface area contributed by atoms with Gasteiger partial charge in [0.15, 0.2) is 5.76 Å². The first kappa shape index (κ1) is 15.8. The van der Waals surface area contributed by atoms with E-state index in [1.165, 1.54) is 13.4 Å². The fourth-order valence-electron chi connectivity index (χ4n) is 2.43. The average molecular weight is 300 g/mol. The molecule has 22 heavy (non-hydrogen) atoms. The molecule has 1 amide bonds. The molecule has 0 N–H and O–H groups in total. The number of anilines is 1. The Bertz CT molecular complexity index is 655. The van der Waals surface area contributed by atoms with Crippen LogP contribution >= 0.6 is 0 Å². The van der Waals surface area contributed by atoms with E-state index in [1.54, 1.807) is 17.0 Å². The highest BCUT2D eigenvalue weighted by Crippen LogP contribution is 2.26. The van der Waals surface area contributed by atoms with Crippen molar-refractivity contribution in [3.8, 4) is 0 Å². The zero-order chi connectivity index (χ0) is 16.1. The van der Waals surface area contributed by atoms with Crippen LogP contribution in [0.3, 0.4) is 0 Å². The Morgan fingerprint density at radius 1 is 1.23 bits per heavy atom. The summed E-state index contributed by atoms with van der Waals surface area (Å²) < 4.78 is 5.26. The van der Waals surface area contributed by atoms with Crippen molar-refractivity contribution in [1.29, 1.82) is 0 Å². The van der Waals surface area contributed by atoms with Gasteiger partial charge in [0.1, 0.15) is 7.11 Å². The summed E-state index contributed by atoms with van der Waals surface area (Å²) in [4.78, 5) is 19.3. The Kier molecular flexibility index (Phi) is 4.99. The van der Waals surface area contributed by atoms with E-state index in [4.69, 9.17) is 9.25 Å². The summed E-state index contributed by atoms with van der Waals surface area (Å²) in [6.45, 7) is 6.11. The van der Waals surface area contributed by atoms with Crippen molar-refractivity contribution in [2.45, 2.75) is 20.8 Å². The number of hydrogen-bond acceptors (Lipinski definition) is 4. The van der Waals surface area contributed by atoms with Gasteiger partial charge in [0.25, 0.3) is 5.91 Å². The van der Waals surface area contributed by atoms with Gasteiger partial charge in [-0.2, -0.15) is 0 Å². The first-order chi connectivity index (χ1) is 10.5. The highest BCUT2D eigenvalue weighted by atomic mass is 16.6. The molecule has 5 nitrogen and oxygen atoms in total. The number of oxime groups is 1. The lowest BCUT2D eigenvalue weighted by molar-refractivity contribution is 0.0963.